The molecule has 0 radical (unpaired) electrons. The number of nitrogens with zero attached hydrogens (tertiary/aromatic N) is 4. The average molecular weight is 307 g/mol. The van der Waals surface area contributed by atoms with Gasteiger partial charge in [-0.2, -0.15) is 9.50 Å². The van der Waals surface area contributed by atoms with Gasteiger partial charge in [0.25, 0.3) is 11.2 Å². The number of aromatic amines is 1. The van der Waals surface area contributed by atoms with Gasteiger partial charge < -0.3 is 0 Å². The zero-order valence-electron chi connectivity index (χ0n) is 11.6. The third-order valence-electron chi connectivity index (χ3n) is 3.55. The highest BCUT2D eigenvalue weighted by Gasteiger charge is 2.12. The van der Waals surface area contributed by atoms with Gasteiger partial charge in [0.15, 0.2) is 5.82 Å². The molecule has 2 heterocycles. The first-order chi connectivity index (χ1) is 11.1. The van der Waals surface area contributed by atoms with Crippen molar-refractivity contribution in [1.82, 2.24) is 19.6 Å². The van der Waals surface area contributed by atoms with Gasteiger partial charge in [-0.3, -0.25) is 19.9 Å². The Hall–Kier alpha value is -3.55. The SMILES string of the molecule is O=c1[nH]c2nc(-c3ccc([N+](=O)[O-])cc3)nn2c2ccccc12. The first-order valence-electron chi connectivity index (χ1n) is 6.76. The quantitative estimate of drug-likeness (QED) is 0.451. The third-order valence-corrected chi connectivity index (χ3v) is 3.55. The summed E-state index contributed by atoms with van der Waals surface area (Å²) in [6.07, 6.45) is 0. The lowest BCUT2D eigenvalue weighted by Crippen LogP contribution is -2.10. The number of H-pyrrole nitrogens is 1. The Labute approximate surface area is 128 Å². The van der Waals surface area contributed by atoms with Gasteiger partial charge in [0.1, 0.15) is 0 Å². The van der Waals surface area contributed by atoms with E-state index >= 15 is 0 Å². The zero-order chi connectivity index (χ0) is 16.0. The number of aromatic nitrogens is 4. The monoisotopic (exact) mass is 307 g/mol. The van der Waals surface area contributed by atoms with Crippen LogP contribution in [-0.2, 0) is 0 Å². The minimum atomic E-state index is -0.466. The molecular weight excluding hydrogens is 298 g/mol. The number of hydrogen-bond donors (Lipinski definition) is 1. The topological polar surface area (TPSA) is 106 Å². The number of para-hydroxylation sites is 1. The largest absolute Gasteiger partial charge is 0.290 e. The molecule has 4 aromatic rings. The van der Waals surface area contributed by atoms with Gasteiger partial charge in [-0.1, -0.05) is 12.1 Å². The van der Waals surface area contributed by atoms with Gasteiger partial charge >= 0.3 is 0 Å². The predicted octanol–water partition coefficient (Wildman–Crippen LogP) is 2.15. The molecule has 0 saturated heterocycles. The average Bonchev–Trinajstić information content (AvgIpc) is 2.99. The fourth-order valence-electron chi connectivity index (χ4n) is 2.43. The summed E-state index contributed by atoms with van der Waals surface area (Å²) in [7, 11) is 0. The van der Waals surface area contributed by atoms with Crippen LogP contribution >= 0.6 is 0 Å². The molecule has 2 aromatic carbocycles. The second kappa shape index (κ2) is 4.73. The van der Waals surface area contributed by atoms with Crippen LogP contribution in [0.3, 0.4) is 0 Å². The lowest BCUT2D eigenvalue weighted by atomic mass is 10.2. The first kappa shape index (κ1) is 13.1. The summed E-state index contributed by atoms with van der Waals surface area (Å²) in [4.78, 5) is 29.3. The highest BCUT2D eigenvalue weighted by Crippen LogP contribution is 2.20. The molecule has 0 aliphatic carbocycles. The molecule has 0 unspecified atom stereocenters. The van der Waals surface area contributed by atoms with Crippen molar-refractivity contribution in [3.63, 3.8) is 0 Å². The van der Waals surface area contributed by atoms with Crippen molar-refractivity contribution >= 4 is 22.4 Å². The Kier molecular flexibility index (Phi) is 2.70. The summed E-state index contributed by atoms with van der Waals surface area (Å²) < 4.78 is 1.55. The van der Waals surface area contributed by atoms with Crippen LogP contribution in [0.1, 0.15) is 0 Å². The van der Waals surface area contributed by atoms with Gasteiger partial charge in [-0.05, 0) is 24.3 Å². The number of fused-ring (bicyclic) bond motifs is 3. The van der Waals surface area contributed by atoms with E-state index in [9.17, 15) is 14.9 Å². The summed E-state index contributed by atoms with van der Waals surface area (Å²) in [5, 5.41) is 15.6. The van der Waals surface area contributed by atoms with Crippen molar-refractivity contribution in [1.29, 1.82) is 0 Å². The Morgan fingerprint density at radius 1 is 1.09 bits per heavy atom. The van der Waals surface area contributed by atoms with E-state index in [1.54, 1.807) is 34.8 Å². The zero-order valence-corrected chi connectivity index (χ0v) is 11.6. The molecule has 2 aromatic heterocycles. The molecule has 112 valence electrons. The Balaban J connectivity index is 1.94. The van der Waals surface area contributed by atoms with Crippen molar-refractivity contribution in [3.8, 4) is 11.4 Å². The van der Waals surface area contributed by atoms with E-state index in [-0.39, 0.29) is 11.2 Å². The number of benzene rings is 2. The smallest absolute Gasteiger partial charge is 0.269 e. The maximum Gasteiger partial charge on any atom is 0.269 e. The molecular formula is C15H9N5O3. The molecule has 0 aliphatic heterocycles. The summed E-state index contributed by atoms with van der Waals surface area (Å²) in [6.45, 7) is 0. The molecule has 0 bridgehead atoms. The predicted molar refractivity (Wildman–Crippen MR) is 83.2 cm³/mol. The molecule has 8 heteroatoms. The van der Waals surface area contributed by atoms with Crippen LogP contribution in [0.2, 0.25) is 0 Å². The van der Waals surface area contributed by atoms with E-state index in [0.717, 1.165) is 0 Å². The maximum absolute atomic E-state index is 12.0. The Morgan fingerprint density at radius 2 is 1.83 bits per heavy atom. The second-order valence-electron chi connectivity index (χ2n) is 4.95. The maximum atomic E-state index is 12.0. The van der Waals surface area contributed by atoms with Crippen LogP contribution in [-0.4, -0.2) is 24.5 Å². The van der Waals surface area contributed by atoms with Crippen molar-refractivity contribution in [2.75, 3.05) is 0 Å². The summed E-state index contributed by atoms with van der Waals surface area (Å²) in [5.74, 6) is 0.703. The molecule has 4 rings (SSSR count). The molecule has 0 amide bonds. The summed E-state index contributed by atoms with van der Waals surface area (Å²) in [6, 6.07) is 13.0. The van der Waals surface area contributed by atoms with Gasteiger partial charge in [0.2, 0.25) is 5.78 Å². The van der Waals surface area contributed by atoms with Crippen molar-refractivity contribution < 1.29 is 4.92 Å². The van der Waals surface area contributed by atoms with Crippen molar-refractivity contribution in [2.24, 2.45) is 0 Å². The summed E-state index contributed by atoms with van der Waals surface area (Å²) >= 11 is 0. The molecule has 0 fully saturated rings. The van der Waals surface area contributed by atoms with Crippen molar-refractivity contribution in [3.05, 3.63) is 69.0 Å². The Morgan fingerprint density at radius 3 is 2.57 bits per heavy atom. The molecule has 0 atom stereocenters. The van der Waals surface area contributed by atoms with E-state index in [1.807, 2.05) is 6.07 Å². The lowest BCUT2D eigenvalue weighted by Gasteiger charge is -1.98. The molecule has 0 spiro atoms. The molecule has 8 nitrogen and oxygen atoms in total. The minimum Gasteiger partial charge on any atom is -0.290 e. The molecule has 23 heavy (non-hydrogen) atoms. The fourth-order valence-corrected chi connectivity index (χ4v) is 2.43. The van der Waals surface area contributed by atoms with Crippen molar-refractivity contribution in [2.45, 2.75) is 0 Å². The van der Waals surface area contributed by atoms with E-state index in [0.29, 0.717) is 28.1 Å². The van der Waals surface area contributed by atoms with Crippen LogP contribution in [0, 0.1) is 10.1 Å². The van der Waals surface area contributed by atoms with E-state index in [2.05, 4.69) is 15.1 Å². The van der Waals surface area contributed by atoms with Crippen LogP contribution in [0.25, 0.3) is 28.1 Å². The normalized spacial score (nSPS) is 11.1. The molecule has 0 saturated carbocycles. The molecule has 0 aliphatic rings. The van der Waals surface area contributed by atoms with Crippen LogP contribution < -0.4 is 5.56 Å². The standard InChI is InChI=1S/C15H9N5O3/c21-14-11-3-1-2-4-12(11)19-15(17-14)16-13(18-19)9-5-7-10(8-6-9)20(22)23/h1-8H,(H,16,17,18,21). The number of nitrogens with one attached hydrogen (secondary N) is 1. The Bertz CT molecular complexity index is 1110. The number of non-ortho nitro benzene ring substituents is 1. The summed E-state index contributed by atoms with van der Waals surface area (Å²) in [5.41, 5.74) is 1.03. The van der Waals surface area contributed by atoms with Gasteiger partial charge in [-0.25, -0.2) is 0 Å². The van der Waals surface area contributed by atoms with Crippen LogP contribution in [0.15, 0.2) is 53.3 Å². The van der Waals surface area contributed by atoms with Crippen LogP contribution in [0.5, 0.6) is 0 Å². The minimum absolute atomic E-state index is 0.00336. The number of hydrogen-bond acceptors (Lipinski definition) is 5. The van der Waals surface area contributed by atoms with E-state index in [1.165, 1.54) is 12.1 Å². The lowest BCUT2D eigenvalue weighted by molar-refractivity contribution is -0.384. The second-order valence-corrected chi connectivity index (χ2v) is 4.95. The first-order valence-corrected chi connectivity index (χ1v) is 6.76. The van der Waals surface area contributed by atoms with E-state index in [4.69, 9.17) is 0 Å². The number of nitro benzene ring substituents is 1. The third kappa shape index (κ3) is 2.04. The van der Waals surface area contributed by atoms with Gasteiger partial charge in [-0.15, -0.1) is 5.10 Å². The van der Waals surface area contributed by atoms with Crippen LogP contribution in [0.4, 0.5) is 5.69 Å². The number of rotatable bonds is 2. The van der Waals surface area contributed by atoms with E-state index < -0.39 is 4.92 Å². The fraction of sp³-hybridized carbons (Fsp3) is 0. The van der Waals surface area contributed by atoms with Gasteiger partial charge in [0.05, 0.1) is 15.8 Å². The molecule has 1 N–H and O–H groups in total. The highest BCUT2D eigenvalue weighted by molar-refractivity contribution is 5.79. The highest BCUT2D eigenvalue weighted by atomic mass is 16.6. The van der Waals surface area contributed by atoms with Gasteiger partial charge in [0, 0.05) is 17.7 Å². The number of nitro groups is 1.